The van der Waals surface area contributed by atoms with E-state index in [1.54, 1.807) is 12.1 Å². The molecular formula is C15H21NO4S. The number of hydrogen-bond donors (Lipinski definition) is 2. The van der Waals surface area contributed by atoms with Crippen LogP contribution in [-0.2, 0) is 15.8 Å². The summed E-state index contributed by atoms with van der Waals surface area (Å²) in [6.45, 7) is 4.14. The van der Waals surface area contributed by atoms with Gasteiger partial charge < -0.3 is 5.11 Å². The van der Waals surface area contributed by atoms with E-state index in [0.29, 0.717) is 5.56 Å². The summed E-state index contributed by atoms with van der Waals surface area (Å²) >= 11 is 0. The Bertz CT molecular complexity index is 637. The van der Waals surface area contributed by atoms with Crippen molar-refractivity contribution >= 4 is 16.0 Å². The van der Waals surface area contributed by atoms with Gasteiger partial charge in [-0.1, -0.05) is 32.4 Å². The summed E-state index contributed by atoms with van der Waals surface area (Å²) in [7, 11) is -3.47. The average molecular weight is 311 g/mol. The smallest absolute Gasteiger partial charge is 0.335 e. The Labute approximate surface area is 125 Å². The van der Waals surface area contributed by atoms with Crippen LogP contribution in [-0.4, -0.2) is 25.5 Å². The van der Waals surface area contributed by atoms with Gasteiger partial charge in [0.05, 0.1) is 11.3 Å². The minimum atomic E-state index is -3.47. The maximum absolute atomic E-state index is 12.3. The van der Waals surface area contributed by atoms with Crippen molar-refractivity contribution in [2.24, 2.45) is 5.41 Å². The van der Waals surface area contributed by atoms with E-state index >= 15 is 0 Å². The molecule has 0 amide bonds. The Kier molecular flexibility index (Phi) is 4.39. The van der Waals surface area contributed by atoms with Gasteiger partial charge in [0.1, 0.15) is 0 Å². The molecular weight excluding hydrogens is 290 g/mol. The van der Waals surface area contributed by atoms with Crippen LogP contribution in [0, 0.1) is 5.41 Å². The Morgan fingerprint density at radius 1 is 1.43 bits per heavy atom. The predicted octanol–water partition coefficient (Wildman–Crippen LogP) is 2.38. The third kappa shape index (κ3) is 4.04. The van der Waals surface area contributed by atoms with E-state index in [1.165, 1.54) is 12.1 Å². The zero-order valence-corrected chi connectivity index (χ0v) is 13.1. The summed E-state index contributed by atoms with van der Waals surface area (Å²) in [5, 5.41) is 8.94. The van der Waals surface area contributed by atoms with E-state index in [2.05, 4.69) is 18.6 Å². The molecule has 0 aliphatic heterocycles. The molecule has 1 fully saturated rings. The molecule has 0 spiro atoms. The van der Waals surface area contributed by atoms with Gasteiger partial charge in [0.15, 0.2) is 0 Å². The van der Waals surface area contributed by atoms with Gasteiger partial charge >= 0.3 is 5.97 Å². The molecule has 1 aliphatic rings. The maximum atomic E-state index is 12.3. The minimum Gasteiger partial charge on any atom is -0.478 e. The molecule has 1 aliphatic carbocycles. The van der Waals surface area contributed by atoms with Crippen molar-refractivity contribution < 1.29 is 18.3 Å². The van der Waals surface area contributed by atoms with Crippen LogP contribution in [0.1, 0.15) is 49.0 Å². The summed E-state index contributed by atoms with van der Waals surface area (Å²) < 4.78 is 27.3. The molecule has 1 unspecified atom stereocenters. The number of nitrogens with one attached hydrogen (secondary N) is 1. The van der Waals surface area contributed by atoms with E-state index in [1.807, 2.05) is 0 Å². The average Bonchev–Trinajstić information content (AvgIpc) is 2.67. The van der Waals surface area contributed by atoms with Crippen molar-refractivity contribution in [2.75, 3.05) is 0 Å². The number of benzene rings is 1. The number of carbonyl (C=O) groups is 1. The van der Waals surface area contributed by atoms with Crippen molar-refractivity contribution in [3.05, 3.63) is 35.4 Å². The van der Waals surface area contributed by atoms with Crippen LogP contribution < -0.4 is 4.72 Å². The van der Waals surface area contributed by atoms with Crippen LogP contribution in [0.5, 0.6) is 0 Å². The lowest BCUT2D eigenvalue weighted by molar-refractivity contribution is 0.0696. The SMILES string of the molecule is CC1(C)CCCC1NS(=O)(=O)Cc1cccc(C(=O)O)c1. The van der Waals surface area contributed by atoms with E-state index in [0.717, 1.165) is 19.3 Å². The fourth-order valence-corrected chi connectivity index (χ4v) is 4.39. The Morgan fingerprint density at radius 2 is 2.14 bits per heavy atom. The lowest BCUT2D eigenvalue weighted by atomic mass is 9.88. The van der Waals surface area contributed by atoms with Gasteiger partial charge in [-0.15, -0.1) is 0 Å². The second-order valence-electron chi connectivity index (χ2n) is 6.32. The van der Waals surface area contributed by atoms with Crippen molar-refractivity contribution in [1.29, 1.82) is 0 Å². The molecule has 2 rings (SSSR count). The first-order valence-electron chi connectivity index (χ1n) is 7.02. The molecule has 0 radical (unpaired) electrons. The topological polar surface area (TPSA) is 83.5 Å². The summed E-state index contributed by atoms with van der Waals surface area (Å²) in [6, 6.07) is 6.00. The highest BCUT2D eigenvalue weighted by Crippen LogP contribution is 2.37. The van der Waals surface area contributed by atoms with Gasteiger partial charge in [-0.05, 0) is 36.0 Å². The molecule has 1 aromatic carbocycles. The van der Waals surface area contributed by atoms with Gasteiger partial charge in [-0.25, -0.2) is 17.9 Å². The van der Waals surface area contributed by atoms with E-state index < -0.39 is 16.0 Å². The first-order chi connectivity index (χ1) is 9.70. The summed E-state index contributed by atoms with van der Waals surface area (Å²) in [5.41, 5.74) is 0.554. The lowest BCUT2D eigenvalue weighted by Gasteiger charge is -2.27. The summed E-state index contributed by atoms with van der Waals surface area (Å²) in [4.78, 5) is 10.9. The van der Waals surface area contributed by atoms with E-state index in [-0.39, 0.29) is 22.8 Å². The Balaban J connectivity index is 2.11. The lowest BCUT2D eigenvalue weighted by Crippen LogP contribution is -2.41. The number of aromatic carboxylic acids is 1. The minimum absolute atomic E-state index is 0.0318. The van der Waals surface area contributed by atoms with Crippen LogP contribution in [0.4, 0.5) is 0 Å². The monoisotopic (exact) mass is 311 g/mol. The quantitative estimate of drug-likeness (QED) is 0.874. The fraction of sp³-hybridized carbons (Fsp3) is 0.533. The van der Waals surface area contributed by atoms with Crippen LogP contribution in [0.2, 0.25) is 0 Å². The zero-order chi connectivity index (χ0) is 15.7. The van der Waals surface area contributed by atoms with Crippen molar-refractivity contribution in [3.8, 4) is 0 Å². The Hall–Kier alpha value is -1.40. The van der Waals surface area contributed by atoms with Crippen molar-refractivity contribution in [2.45, 2.75) is 44.9 Å². The molecule has 0 saturated heterocycles. The van der Waals surface area contributed by atoms with Gasteiger partial charge in [-0.3, -0.25) is 0 Å². The highest BCUT2D eigenvalue weighted by atomic mass is 32.2. The molecule has 0 heterocycles. The molecule has 5 nitrogen and oxygen atoms in total. The van der Waals surface area contributed by atoms with Crippen LogP contribution in [0.3, 0.4) is 0 Å². The number of rotatable bonds is 5. The zero-order valence-electron chi connectivity index (χ0n) is 12.3. The molecule has 6 heteroatoms. The molecule has 116 valence electrons. The van der Waals surface area contributed by atoms with Gasteiger partial charge in [-0.2, -0.15) is 0 Å². The van der Waals surface area contributed by atoms with Gasteiger partial charge in [0.2, 0.25) is 10.0 Å². The molecule has 1 saturated carbocycles. The summed E-state index contributed by atoms with van der Waals surface area (Å²) in [6.07, 6.45) is 2.88. The highest BCUT2D eigenvalue weighted by molar-refractivity contribution is 7.88. The van der Waals surface area contributed by atoms with Crippen LogP contribution >= 0.6 is 0 Å². The standard InChI is InChI=1S/C15H21NO4S/c1-15(2)8-4-7-13(15)16-21(19,20)10-11-5-3-6-12(9-11)14(17)18/h3,5-6,9,13,16H,4,7-8,10H2,1-2H3,(H,17,18). The van der Waals surface area contributed by atoms with Crippen LogP contribution in [0.15, 0.2) is 24.3 Å². The number of sulfonamides is 1. The van der Waals surface area contributed by atoms with Crippen molar-refractivity contribution in [1.82, 2.24) is 4.72 Å². The first-order valence-corrected chi connectivity index (χ1v) is 8.67. The summed E-state index contributed by atoms with van der Waals surface area (Å²) in [5.74, 6) is -1.25. The highest BCUT2D eigenvalue weighted by Gasteiger charge is 2.36. The normalized spacial score (nSPS) is 21.3. The van der Waals surface area contributed by atoms with Gasteiger partial charge in [0, 0.05) is 6.04 Å². The maximum Gasteiger partial charge on any atom is 0.335 e. The second kappa shape index (κ2) is 5.77. The van der Waals surface area contributed by atoms with Gasteiger partial charge in [0.25, 0.3) is 0 Å². The first kappa shape index (κ1) is 16.0. The molecule has 0 aromatic heterocycles. The predicted molar refractivity (Wildman–Crippen MR) is 80.6 cm³/mol. The fourth-order valence-electron chi connectivity index (χ4n) is 2.82. The molecule has 1 atom stereocenters. The third-order valence-electron chi connectivity index (χ3n) is 4.11. The van der Waals surface area contributed by atoms with Crippen molar-refractivity contribution in [3.63, 3.8) is 0 Å². The largest absolute Gasteiger partial charge is 0.478 e. The van der Waals surface area contributed by atoms with Crippen LogP contribution in [0.25, 0.3) is 0 Å². The molecule has 2 N–H and O–H groups in total. The molecule has 0 bridgehead atoms. The number of hydrogen-bond acceptors (Lipinski definition) is 3. The third-order valence-corrected chi connectivity index (χ3v) is 5.47. The second-order valence-corrected chi connectivity index (χ2v) is 8.07. The van der Waals surface area contributed by atoms with E-state index in [9.17, 15) is 13.2 Å². The number of carboxylic acid groups (broad SMARTS) is 1. The van der Waals surface area contributed by atoms with E-state index in [4.69, 9.17) is 5.11 Å². The molecule has 1 aromatic rings. The molecule has 21 heavy (non-hydrogen) atoms. The Morgan fingerprint density at radius 3 is 2.71 bits per heavy atom. The number of carboxylic acids is 1.